The summed E-state index contributed by atoms with van der Waals surface area (Å²) in [5.74, 6) is -4.82. The Labute approximate surface area is 278 Å². The largest absolute Gasteiger partial charge is 0.324 e. The minimum atomic E-state index is -4.09. The predicted molar refractivity (Wildman–Crippen MR) is 172 cm³/mol. The molecule has 0 aliphatic carbocycles. The van der Waals surface area contributed by atoms with Gasteiger partial charge in [-0.2, -0.15) is 4.31 Å². The molecule has 5 rings (SSSR count). The van der Waals surface area contributed by atoms with Gasteiger partial charge in [-0.25, -0.2) is 31.0 Å². The van der Waals surface area contributed by atoms with Crippen molar-refractivity contribution in [3.8, 4) is 0 Å². The van der Waals surface area contributed by atoms with E-state index in [1.807, 2.05) is 0 Å². The van der Waals surface area contributed by atoms with Crippen molar-refractivity contribution in [3.05, 3.63) is 99.7 Å². The quantitative estimate of drug-likeness (QED) is 0.185. The van der Waals surface area contributed by atoms with E-state index in [-0.39, 0.29) is 65.2 Å². The van der Waals surface area contributed by atoms with Crippen molar-refractivity contribution in [2.24, 2.45) is 0 Å². The van der Waals surface area contributed by atoms with Gasteiger partial charge in [0, 0.05) is 61.4 Å². The Morgan fingerprint density at radius 1 is 1.02 bits per heavy atom. The fraction of sp³-hybridized carbons (Fsp3) is 0.312. The number of benzene rings is 2. The number of aromatic nitrogens is 2. The highest BCUT2D eigenvalue weighted by Gasteiger charge is 2.36. The number of sulfonamides is 1. The van der Waals surface area contributed by atoms with Gasteiger partial charge in [0.15, 0.2) is 10.2 Å². The molecule has 1 aliphatic heterocycles. The van der Waals surface area contributed by atoms with Gasteiger partial charge in [0.1, 0.15) is 23.3 Å². The van der Waals surface area contributed by atoms with E-state index in [9.17, 15) is 31.2 Å². The van der Waals surface area contributed by atoms with Crippen LogP contribution in [0.3, 0.4) is 0 Å². The number of pyridine rings is 1. The summed E-state index contributed by atoms with van der Waals surface area (Å²) in [6, 6.07) is 7.45. The molecular formula is C32H32F4N6O4S2. The maximum Gasteiger partial charge on any atom is 0.262 e. The van der Waals surface area contributed by atoms with Gasteiger partial charge in [0.2, 0.25) is 11.8 Å². The van der Waals surface area contributed by atoms with Gasteiger partial charge in [-0.15, -0.1) is 11.3 Å². The molecule has 1 unspecified atom stereocenters. The molecule has 2 amide bonds. The zero-order chi connectivity index (χ0) is 34.6. The number of piperazine rings is 1. The zero-order valence-electron chi connectivity index (χ0n) is 25.9. The van der Waals surface area contributed by atoms with E-state index in [0.717, 1.165) is 29.7 Å². The SMILES string of the molecule is CC(=O)Nc1nc(S(=O)(=O)N2CCNC[C@@H]2CCc2c(F)cncc2NC(=O)CC(c2ccc(F)cc2)c2cc(F)cc(F)c2)c(C)s1. The second-order valence-corrected chi connectivity index (χ2v) is 14.3. The molecule has 10 nitrogen and oxygen atoms in total. The van der Waals surface area contributed by atoms with E-state index < -0.39 is 51.2 Å². The van der Waals surface area contributed by atoms with Crippen molar-refractivity contribution in [3.63, 3.8) is 0 Å². The Hall–Kier alpha value is -4.25. The average Bonchev–Trinajstić information content (AvgIpc) is 3.39. The van der Waals surface area contributed by atoms with E-state index in [0.29, 0.717) is 23.1 Å². The molecular weight excluding hydrogens is 673 g/mol. The summed E-state index contributed by atoms with van der Waals surface area (Å²) in [7, 11) is -4.09. The minimum Gasteiger partial charge on any atom is -0.324 e. The fourth-order valence-electron chi connectivity index (χ4n) is 5.66. The molecule has 0 bridgehead atoms. The van der Waals surface area contributed by atoms with Crippen LogP contribution in [0.25, 0.3) is 0 Å². The molecule has 1 saturated heterocycles. The predicted octanol–water partition coefficient (Wildman–Crippen LogP) is 5.12. The number of carbonyl (C=O) groups excluding carboxylic acids is 2. The van der Waals surface area contributed by atoms with Crippen molar-refractivity contribution < 1.29 is 35.6 Å². The van der Waals surface area contributed by atoms with Gasteiger partial charge in [-0.1, -0.05) is 12.1 Å². The topological polar surface area (TPSA) is 133 Å². The summed E-state index contributed by atoms with van der Waals surface area (Å²) in [6.07, 6.45) is 2.11. The number of carbonyl (C=O) groups is 2. The summed E-state index contributed by atoms with van der Waals surface area (Å²) in [5, 5.41) is 8.31. The van der Waals surface area contributed by atoms with Crippen molar-refractivity contribution >= 4 is 44.0 Å². The van der Waals surface area contributed by atoms with Crippen LogP contribution >= 0.6 is 11.3 Å². The Morgan fingerprint density at radius 2 is 1.73 bits per heavy atom. The van der Waals surface area contributed by atoms with Crippen LogP contribution in [-0.2, 0) is 26.0 Å². The first-order valence-corrected chi connectivity index (χ1v) is 17.2. The van der Waals surface area contributed by atoms with E-state index in [4.69, 9.17) is 0 Å². The second kappa shape index (κ2) is 14.9. The van der Waals surface area contributed by atoms with Crippen molar-refractivity contribution in [1.82, 2.24) is 19.6 Å². The minimum absolute atomic E-state index is 0.0199. The first kappa shape index (κ1) is 35.1. The lowest BCUT2D eigenvalue weighted by Gasteiger charge is -2.35. The van der Waals surface area contributed by atoms with Crippen molar-refractivity contribution in [2.75, 3.05) is 30.3 Å². The Balaban J connectivity index is 1.35. The van der Waals surface area contributed by atoms with Crippen LogP contribution in [0.4, 0.5) is 28.4 Å². The molecule has 4 aromatic rings. The summed E-state index contributed by atoms with van der Waals surface area (Å²) < 4.78 is 85.9. The molecule has 2 aromatic heterocycles. The van der Waals surface area contributed by atoms with Gasteiger partial charge in [0.05, 0.1) is 18.1 Å². The number of rotatable bonds is 11. The first-order valence-electron chi connectivity index (χ1n) is 14.9. The molecule has 1 aliphatic rings. The molecule has 2 atom stereocenters. The Bertz CT molecular complexity index is 1900. The Kier molecular flexibility index (Phi) is 10.9. The van der Waals surface area contributed by atoms with E-state index in [2.05, 4.69) is 25.9 Å². The lowest BCUT2D eigenvalue weighted by Crippen LogP contribution is -2.53. The summed E-state index contributed by atoms with van der Waals surface area (Å²) in [6.45, 7) is 3.68. The number of halogens is 4. The number of nitrogens with zero attached hydrogens (tertiary/aromatic N) is 3. The molecule has 3 heterocycles. The van der Waals surface area contributed by atoms with E-state index in [1.165, 1.54) is 41.7 Å². The number of hydrogen-bond donors (Lipinski definition) is 3. The third-order valence-corrected chi connectivity index (χ3v) is 10.8. The molecule has 3 N–H and O–H groups in total. The van der Waals surface area contributed by atoms with Gasteiger partial charge in [-0.05, 0) is 55.2 Å². The standard InChI is InChI=1S/C32H32F4N6O4S2/c1-18-31(41-32(47-18)39-19(2)43)48(45,46)42-10-9-37-15-25(42)7-8-26-28(36)16-38-17-29(26)40-30(44)14-27(20-3-5-22(33)6-4-20)21-11-23(34)13-24(35)12-21/h3-6,11-13,16-17,25,27,37H,7-10,14-15H2,1-2H3,(H,40,44)(H,39,41,43)/t25-,27?/m0/s1. The highest BCUT2D eigenvalue weighted by Crippen LogP contribution is 2.32. The van der Waals surface area contributed by atoms with Crippen LogP contribution < -0.4 is 16.0 Å². The summed E-state index contributed by atoms with van der Waals surface area (Å²) in [5.41, 5.74) is 0.725. The normalized spacial score (nSPS) is 16.0. The van der Waals surface area contributed by atoms with Gasteiger partial charge in [0.25, 0.3) is 10.0 Å². The fourth-order valence-corrected chi connectivity index (χ4v) is 8.61. The first-order chi connectivity index (χ1) is 22.8. The van der Waals surface area contributed by atoms with Gasteiger partial charge < -0.3 is 16.0 Å². The molecule has 254 valence electrons. The maximum atomic E-state index is 15.2. The van der Waals surface area contributed by atoms with Gasteiger partial charge in [-0.3, -0.25) is 14.6 Å². The van der Waals surface area contributed by atoms with Crippen LogP contribution in [0.5, 0.6) is 0 Å². The molecule has 0 radical (unpaired) electrons. The number of anilines is 2. The smallest absolute Gasteiger partial charge is 0.262 e. The van der Waals surface area contributed by atoms with E-state index in [1.54, 1.807) is 6.92 Å². The third-order valence-electron chi connectivity index (χ3n) is 7.84. The van der Waals surface area contributed by atoms with Crippen LogP contribution in [-0.4, -0.2) is 60.2 Å². The highest BCUT2D eigenvalue weighted by atomic mass is 32.2. The Morgan fingerprint density at radius 3 is 2.42 bits per heavy atom. The average molecular weight is 705 g/mol. The molecule has 0 spiro atoms. The number of hydrogen-bond acceptors (Lipinski definition) is 8. The van der Waals surface area contributed by atoms with Crippen molar-refractivity contribution in [2.45, 2.75) is 50.1 Å². The molecule has 16 heteroatoms. The maximum absolute atomic E-state index is 15.2. The number of nitrogens with one attached hydrogen (secondary N) is 3. The van der Waals surface area contributed by atoms with Gasteiger partial charge >= 0.3 is 0 Å². The monoisotopic (exact) mass is 704 g/mol. The van der Waals surface area contributed by atoms with E-state index >= 15 is 4.39 Å². The number of aryl methyl sites for hydroxylation is 1. The van der Waals surface area contributed by atoms with Crippen LogP contribution in [0.15, 0.2) is 59.9 Å². The lowest BCUT2D eigenvalue weighted by atomic mass is 9.88. The highest BCUT2D eigenvalue weighted by molar-refractivity contribution is 7.89. The molecule has 48 heavy (non-hydrogen) atoms. The summed E-state index contributed by atoms with van der Waals surface area (Å²) in [4.78, 5) is 33.3. The molecule has 1 fully saturated rings. The van der Waals surface area contributed by atoms with Crippen molar-refractivity contribution in [1.29, 1.82) is 0 Å². The van der Waals surface area contributed by atoms with Crippen LogP contribution in [0.1, 0.15) is 47.3 Å². The zero-order valence-corrected chi connectivity index (χ0v) is 27.5. The number of amides is 2. The lowest BCUT2D eigenvalue weighted by molar-refractivity contribution is -0.116. The molecule has 2 aromatic carbocycles. The second-order valence-electron chi connectivity index (χ2n) is 11.3. The van der Waals surface area contributed by atoms with Crippen LogP contribution in [0.2, 0.25) is 0 Å². The third kappa shape index (κ3) is 8.24. The van der Waals surface area contributed by atoms with Crippen LogP contribution in [0, 0.1) is 30.2 Å². The number of thiazole rings is 1. The molecule has 0 saturated carbocycles. The summed E-state index contributed by atoms with van der Waals surface area (Å²) >= 11 is 1.04.